The molecule has 0 spiro atoms. The second-order valence-electron chi connectivity index (χ2n) is 2.65. The number of carbonyl (C=O) groups is 2. The fourth-order valence-corrected chi connectivity index (χ4v) is 0.437. The molecule has 4 nitrogen and oxygen atoms in total. The van der Waals surface area contributed by atoms with Crippen LogP contribution in [0.3, 0.4) is 0 Å². The van der Waals surface area contributed by atoms with Crippen LogP contribution in [0.25, 0.3) is 0 Å². The van der Waals surface area contributed by atoms with E-state index in [2.05, 4.69) is 9.78 Å². The van der Waals surface area contributed by atoms with E-state index in [0.717, 1.165) is 6.42 Å². The molecule has 70 valence electrons. The molecule has 1 unspecified atom stereocenters. The van der Waals surface area contributed by atoms with Crippen LogP contribution in [0.5, 0.6) is 0 Å². The van der Waals surface area contributed by atoms with Crippen LogP contribution < -0.4 is 0 Å². The topological polar surface area (TPSA) is 52.6 Å². The summed E-state index contributed by atoms with van der Waals surface area (Å²) in [5.74, 6) is -0.865. The van der Waals surface area contributed by atoms with Crippen LogP contribution in [0, 0.1) is 0 Å². The van der Waals surface area contributed by atoms with Gasteiger partial charge in [-0.1, -0.05) is 6.92 Å². The Morgan fingerprint density at radius 3 is 2.42 bits per heavy atom. The van der Waals surface area contributed by atoms with Crippen LogP contribution in [-0.2, 0) is 19.4 Å². The highest BCUT2D eigenvalue weighted by molar-refractivity contribution is 5.93. The van der Waals surface area contributed by atoms with E-state index < -0.39 is 5.97 Å². The van der Waals surface area contributed by atoms with Crippen LogP contribution in [0.2, 0.25) is 0 Å². The first-order chi connectivity index (χ1) is 5.56. The summed E-state index contributed by atoms with van der Waals surface area (Å²) < 4.78 is 0. The highest BCUT2D eigenvalue weighted by atomic mass is 17.2. The molecule has 0 aliphatic heterocycles. The van der Waals surface area contributed by atoms with Crippen LogP contribution >= 0.6 is 0 Å². The number of ketones is 1. The Morgan fingerprint density at radius 2 is 2.00 bits per heavy atom. The molecule has 0 aliphatic rings. The molecule has 0 amide bonds. The van der Waals surface area contributed by atoms with Crippen molar-refractivity contribution in [2.75, 3.05) is 0 Å². The van der Waals surface area contributed by atoms with Crippen molar-refractivity contribution in [1.82, 2.24) is 0 Å². The number of carbonyl (C=O) groups excluding carboxylic acids is 2. The smallest absolute Gasteiger partial charge is 0.299 e. The molecule has 0 heterocycles. The minimum Gasteiger partial charge on any atom is -0.299 e. The highest BCUT2D eigenvalue weighted by Gasteiger charge is 2.09. The second-order valence-corrected chi connectivity index (χ2v) is 2.65. The molecule has 0 N–H and O–H groups in total. The molecule has 0 radical (unpaired) electrons. The second kappa shape index (κ2) is 5.71. The largest absolute Gasteiger partial charge is 0.349 e. The number of rotatable bonds is 5. The monoisotopic (exact) mass is 174 g/mol. The first-order valence-electron chi connectivity index (χ1n) is 3.91. The molecule has 0 aromatic rings. The third kappa shape index (κ3) is 5.85. The first-order valence-corrected chi connectivity index (χ1v) is 3.91. The van der Waals surface area contributed by atoms with Gasteiger partial charge in [0.2, 0.25) is 0 Å². The average molecular weight is 174 g/mol. The lowest BCUT2D eigenvalue weighted by atomic mass is 10.3. The van der Waals surface area contributed by atoms with Gasteiger partial charge in [0.25, 0.3) is 0 Å². The maximum absolute atomic E-state index is 10.7. The van der Waals surface area contributed by atoms with Crippen molar-refractivity contribution in [3.05, 3.63) is 0 Å². The predicted molar refractivity (Wildman–Crippen MR) is 42.2 cm³/mol. The quantitative estimate of drug-likeness (QED) is 0.357. The van der Waals surface area contributed by atoms with E-state index >= 15 is 0 Å². The SMILES string of the molecule is CCC(C)OOC(=O)CC(C)=O. The molecular formula is C8H14O4. The van der Waals surface area contributed by atoms with E-state index in [9.17, 15) is 9.59 Å². The molecule has 12 heavy (non-hydrogen) atoms. The molecule has 0 bridgehead atoms. The van der Waals surface area contributed by atoms with Crippen molar-refractivity contribution in [2.45, 2.75) is 39.7 Å². The van der Waals surface area contributed by atoms with Crippen molar-refractivity contribution in [3.63, 3.8) is 0 Å². The van der Waals surface area contributed by atoms with Gasteiger partial charge in [-0.3, -0.25) is 9.68 Å². The Morgan fingerprint density at radius 1 is 1.42 bits per heavy atom. The Balaban J connectivity index is 3.50. The van der Waals surface area contributed by atoms with Crippen molar-refractivity contribution >= 4 is 11.8 Å². The van der Waals surface area contributed by atoms with E-state index in [1.165, 1.54) is 6.92 Å². The van der Waals surface area contributed by atoms with Gasteiger partial charge < -0.3 is 0 Å². The van der Waals surface area contributed by atoms with Crippen molar-refractivity contribution < 1.29 is 19.4 Å². The van der Waals surface area contributed by atoms with Gasteiger partial charge in [0.05, 0.1) is 0 Å². The van der Waals surface area contributed by atoms with E-state index in [-0.39, 0.29) is 18.3 Å². The summed E-state index contributed by atoms with van der Waals surface area (Å²) >= 11 is 0. The molecule has 0 aromatic carbocycles. The minimum atomic E-state index is -0.636. The maximum Gasteiger partial charge on any atom is 0.349 e. The van der Waals surface area contributed by atoms with Crippen LogP contribution in [-0.4, -0.2) is 17.9 Å². The normalized spacial score (nSPS) is 12.2. The highest BCUT2D eigenvalue weighted by Crippen LogP contribution is 1.98. The van der Waals surface area contributed by atoms with Crippen LogP contribution in [0.15, 0.2) is 0 Å². The van der Waals surface area contributed by atoms with E-state index in [0.29, 0.717) is 0 Å². The zero-order chi connectivity index (χ0) is 9.56. The lowest BCUT2D eigenvalue weighted by Crippen LogP contribution is -2.14. The van der Waals surface area contributed by atoms with E-state index in [1.807, 2.05) is 6.92 Å². The molecule has 0 fully saturated rings. The minimum absolute atomic E-state index is 0.124. The maximum atomic E-state index is 10.7. The lowest BCUT2D eigenvalue weighted by molar-refractivity contribution is -0.294. The summed E-state index contributed by atoms with van der Waals surface area (Å²) in [6.45, 7) is 5.01. The fraction of sp³-hybridized carbons (Fsp3) is 0.750. The van der Waals surface area contributed by atoms with E-state index in [1.54, 1.807) is 6.92 Å². The number of hydrogen-bond donors (Lipinski definition) is 0. The van der Waals surface area contributed by atoms with Gasteiger partial charge in [-0.25, -0.2) is 4.79 Å². The van der Waals surface area contributed by atoms with Gasteiger partial charge in [0.15, 0.2) is 0 Å². The third-order valence-corrected chi connectivity index (χ3v) is 1.27. The molecule has 0 saturated heterocycles. The average Bonchev–Trinajstić information content (AvgIpc) is 1.99. The summed E-state index contributed by atoms with van der Waals surface area (Å²) in [5, 5.41) is 0. The zero-order valence-electron chi connectivity index (χ0n) is 7.62. The zero-order valence-corrected chi connectivity index (χ0v) is 7.62. The van der Waals surface area contributed by atoms with Crippen molar-refractivity contribution in [3.8, 4) is 0 Å². The van der Waals surface area contributed by atoms with Gasteiger partial charge in [-0.05, 0) is 20.3 Å². The first kappa shape index (κ1) is 11.1. The molecule has 1 atom stereocenters. The van der Waals surface area contributed by atoms with E-state index in [4.69, 9.17) is 0 Å². The number of hydrogen-bond acceptors (Lipinski definition) is 4. The summed E-state index contributed by atoms with van der Waals surface area (Å²) in [6.07, 6.45) is 0.407. The summed E-state index contributed by atoms with van der Waals surface area (Å²) in [5.41, 5.74) is 0. The summed E-state index contributed by atoms with van der Waals surface area (Å²) in [6, 6.07) is 0. The summed E-state index contributed by atoms with van der Waals surface area (Å²) in [7, 11) is 0. The Bertz CT molecular complexity index is 164. The standard InChI is InChI=1S/C8H14O4/c1-4-7(3)11-12-8(10)5-6(2)9/h7H,4-5H2,1-3H3. The Hall–Kier alpha value is -0.900. The lowest BCUT2D eigenvalue weighted by Gasteiger charge is -2.07. The molecule has 4 heteroatoms. The molecule has 0 aromatic heterocycles. The molecular weight excluding hydrogens is 160 g/mol. The van der Waals surface area contributed by atoms with Gasteiger partial charge >= 0.3 is 5.97 Å². The van der Waals surface area contributed by atoms with Crippen molar-refractivity contribution in [2.24, 2.45) is 0 Å². The van der Waals surface area contributed by atoms with Gasteiger partial charge in [-0.15, -0.1) is 0 Å². The fourth-order valence-electron chi connectivity index (χ4n) is 0.437. The van der Waals surface area contributed by atoms with Crippen molar-refractivity contribution in [1.29, 1.82) is 0 Å². The molecule has 0 rings (SSSR count). The third-order valence-electron chi connectivity index (χ3n) is 1.27. The molecule has 0 aliphatic carbocycles. The van der Waals surface area contributed by atoms with Gasteiger partial charge in [-0.2, -0.15) is 4.89 Å². The Labute approximate surface area is 71.8 Å². The van der Waals surface area contributed by atoms with Gasteiger partial charge in [0.1, 0.15) is 18.3 Å². The summed E-state index contributed by atoms with van der Waals surface area (Å²) in [4.78, 5) is 30.1. The Kier molecular flexibility index (Phi) is 5.28. The van der Waals surface area contributed by atoms with Crippen LogP contribution in [0.1, 0.15) is 33.6 Å². The van der Waals surface area contributed by atoms with Gasteiger partial charge in [0, 0.05) is 0 Å². The van der Waals surface area contributed by atoms with Crippen LogP contribution in [0.4, 0.5) is 0 Å². The predicted octanol–water partition coefficient (Wildman–Crippen LogP) is 1.24. The number of Topliss-reactive ketones (excluding diaryl/α,β-unsaturated/α-hetero) is 1. The molecule has 0 saturated carbocycles.